The van der Waals surface area contributed by atoms with Gasteiger partial charge in [-0.1, -0.05) is 378 Å². The van der Waals surface area contributed by atoms with Crippen LogP contribution in [0.2, 0.25) is 0 Å². The van der Waals surface area contributed by atoms with Gasteiger partial charge < -0.3 is 9.40 Å². The normalized spacial score (nSPS) is 12.3. The lowest BCUT2D eigenvalue weighted by Crippen LogP contribution is -2.38. The second-order valence-corrected chi connectivity index (χ2v) is 26.8. The molecule has 0 saturated heterocycles. The molecule has 3 nitrogen and oxygen atoms in total. The van der Waals surface area contributed by atoms with Crippen LogP contribution in [0.15, 0.2) is 228 Å². The van der Waals surface area contributed by atoms with Gasteiger partial charge in [0.2, 0.25) is 0 Å². The number of nitrogens with one attached hydrogen (secondary N) is 1. The molecule has 0 aliphatic heterocycles. The molecule has 1 N–H and O–H groups in total. The molecule has 3 heterocycles. The van der Waals surface area contributed by atoms with Crippen LogP contribution < -0.4 is 0 Å². The number of nitrogens with zero attached hydrogens (tertiary/aromatic N) is 1. The molecule has 8 aromatic carbocycles. The van der Waals surface area contributed by atoms with Crippen LogP contribution in [0.5, 0.6) is 0 Å². The number of furan rings is 1. The van der Waals surface area contributed by atoms with Gasteiger partial charge in [-0.15, -0.1) is 22.9 Å². The molecule has 8 heteroatoms. The Morgan fingerprint density at radius 2 is 0.861 bits per heavy atom. The van der Waals surface area contributed by atoms with Crippen LogP contribution in [0.3, 0.4) is 0 Å². The van der Waals surface area contributed by atoms with E-state index in [1.807, 2.05) is 184 Å². The quantitative estimate of drug-likeness (QED) is 0.110. The molecule has 0 spiro atoms. The predicted octanol–water partition coefficient (Wildman–Crippen LogP) is 36.0. The van der Waals surface area contributed by atoms with E-state index in [0.29, 0.717) is 28.7 Å². The average molecular weight is 1520 g/mol. The predicted molar refractivity (Wildman–Crippen MR) is 489 cm³/mol. The molecule has 0 saturated carbocycles. The second-order valence-electron chi connectivity index (χ2n) is 25.0. The molecule has 0 aliphatic rings. The van der Waals surface area contributed by atoms with Crippen molar-refractivity contribution < 1.29 is 17.6 Å². The first kappa shape index (κ1) is 112. The maximum absolute atomic E-state index is 12.8. The molecule has 11 aromatic rings. The highest BCUT2D eigenvalue weighted by atomic mass is 35.5. The fourth-order valence-electron chi connectivity index (χ4n) is 10.2. The number of aromatic nitrogens is 1. The van der Waals surface area contributed by atoms with E-state index in [1.54, 1.807) is 31.4 Å². The van der Waals surface area contributed by atoms with Gasteiger partial charge in [-0.25, -0.2) is 0 Å². The molecule has 0 aliphatic carbocycles. The lowest BCUT2D eigenvalue weighted by Gasteiger charge is -2.31. The summed E-state index contributed by atoms with van der Waals surface area (Å²) in [4.78, 5) is 3.30. The molecule has 11 rings (SSSR count). The van der Waals surface area contributed by atoms with Crippen molar-refractivity contribution >= 4 is 65.8 Å². The van der Waals surface area contributed by atoms with Crippen molar-refractivity contribution in [2.75, 3.05) is 0 Å². The smallest absolute Gasteiger partial charge is 0.398 e. The van der Waals surface area contributed by atoms with Gasteiger partial charge in [0, 0.05) is 31.9 Å². The van der Waals surface area contributed by atoms with E-state index in [4.69, 9.17) is 21.3 Å². The van der Waals surface area contributed by atoms with E-state index in [2.05, 4.69) is 213 Å². The van der Waals surface area contributed by atoms with Gasteiger partial charge in [-0.2, -0.15) is 18.4 Å². The van der Waals surface area contributed by atoms with E-state index in [1.165, 1.54) is 110 Å². The van der Waals surface area contributed by atoms with Gasteiger partial charge in [0.05, 0.1) is 28.0 Å². The number of rotatable bonds is 14. The second kappa shape index (κ2) is 62.4. The van der Waals surface area contributed by atoms with Crippen LogP contribution in [-0.2, 0) is 21.1 Å². The van der Waals surface area contributed by atoms with Crippen LogP contribution in [0.4, 0.5) is 13.2 Å². The summed E-state index contributed by atoms with van der Waals surface area (Å²) in [6.07, 6.45) is 4.18. The van der Waals surface area contributed by atoms with Crippen molar-refractivity contribution in [3.63, 3.8) is 0 Å². The summed E-state index contributed by atoms with van der Waals surface area (Å²) >= 11 is 8.06. The van der Waals surface area contributed by atoms with E-state index in [9.17, 15) is 13.2 Å². The van der Waals surface area contributed by atoms with Crippen LogP contribution in [0, 0.1) is 11.3 Å². The number of nitriles is 1. The van der Waals surface area contributed by atoms with E-state index < -0.39 is 11.6 Å². The molecule has 0 radical (unpaired) electrons. The van der Waals surface area contributed by atoms with Crippen molar-refractivity contribution in [1.82, 2.24) is 4.98 Å². The minimum Gasteiger partial charge on any atom is -0.464 e. The number of benzene rings is 8. The lowest BCUT2D eigenvalue weighted by atomic mass is 9.79. The molecule has 3 aromatic heterocycles. The zero-order valence-electron chi connectivity index (χ0n) is 70.8. The van der Waals surface area contributed by atoms with Gasteiger partial charge in [0.25, 0.3) is 0 Å². The van der Waals surface area contributed by atoms with Crippen LogP contribution in [-0.4, -0.2) is 11.2 Å². The Kier molecular flexibility index (Phi) is 64.4. The monoisotopic (exact) mass is 1520 g/mol. The number of hydrogen-bond acceptors (Lipinski definition) is 3. The Labute approximate surface area is 671 Å². The molecule has 0 fully saturated rings. The fourth-order valence-corrected chi connectivity index (χ4v) is 11.1. The van der Waals surface area contributed by atoms with E-state index in [-0.39, 0.29) is 39.0 Å². The first-order chi connectivity index (χ1) is 50.4. The molecule has 6 atom stereocenters. The van der Waals surface area contributed by atoms with E-state index >= 15 is 0 Å². The summed E-state index contributed by atoms with van der Waals surface area (Å²) in [6.45, 7) is 59.3. The van der Waals surface area contributed by atoms with Gasteiger partial charge in [0.15, 0.2) is 0 Å². The zero-order valence-corrected chi connectivity index (χ0v) is 72.4. The minimum atomic E-state index is -4.19. The first-order valence-corrected chi connectivity index (χ1v) is 41.0. The molecule has 604 valence electrons. The van der Waals surface area contributed by atoms with Gasteiger partial charge in [-0.05, 0) is 175 Å². The third-order valence-corrected chi connectivity index (χ3v) is 20.0. The summed E-state index contributed by atoms with van der Waals surface area (Å²) in [6, 6.07) is 73.8. The topological polar surface area (TPSA) is 52.7 Å². The lowest BCUT2D eigenvalue weighted by molar-refractivity contribution is -0.186. The Morgan fingerprint density at radius 3 is 1.30 bits per heavy atom. The van der Waals surface area contributed by atoms with Crippen molar-refractivity contribution in [2.45, 2.75) is 313 Å². The third-order valence-electron chi connectivity index (χ3n) is 18.6. The molecule has 0 bridgehead atoms. The summed E-state index contributed by atoms with van der Waals surface area (Å²) in [7, 11) is 0. The number of halogens is 4. The molecular weight excluding hydrogens is 1370 g/mol. The summed E-state index contributed by atoms with van der Waals surface area (Å²) < 4.78 is 45.1. The first-order valence-electron chi connectivity index (χ1n) is 39.7. The highest BCUT2D eigenvalue weighted by Gasteiger charge is 2.50. The van der Waals surface area contributed by atoms with Crippen LogP contribution in [0.1, 0.15) is 325 Å². The number of thiophene rings is 1. The van der Waals surface area contributed by atoms with Crippen molar-refractivity contribution in [1.29, 1.82) is 5.26 Å². The van der Waals surface area contributed by atoms with Crippen molar-refractivity contribution in [3.05, 3.63) is 263 Å². The third kappa shape index (κ3) is 36.0. The highest BCUT2D eigenvalue weighted by molar-refractivity contribution is 7.17. The Balaban J connectivity index is -0.000000273. The van der Waals surface area contributed by atoms with Gasteiger partial charge in [0.1, 0.15) is 5.58 Å². The summed E-state index contributed by atoms with van der Waals surface area (Å²) in [5, 5.41) is 16.5. The van der Waals surface area contributed by atoms with Crippen molar-refractivity contribution in [2.24, 2.45) is 0 Å². The average Bonchev–Trinajstić information content (AvgIpc) is 1.61. The maximum atomic E-state index is 12.8. The van der Waals surface area contributed by atoms with Gasteiger partial charge in [-0.3, -0.25) is 0 Å². The van der Waals surface area contributed by atoms with Crippen molar-refractivity contribution in [3.8, 4) is 6.07 Å². The summed E-state index contributed by atoms with van der Waals surface area (Å²) in [5.41, 5.74) is 10.1. The van der Waals surface area contributed by atoms with Crippen LogP contribution in [0.25, 0.3) is 42.9 Å². The number of H-pyrrole nitrogens is 1. The molecule has 108 heavy (non-hydrogen) atoms. The SMILES string of the molecule is C.C.C.CC.CC.CC.CC.CC.CC.CC.CCC(C)(C#N)c1ccccc1.CCC(C)(C)c1ccccc1.CCC(C)(Cl)c1ccccc1.CCC(C)(c1ccccc1)C(F)(F)F.CCC(C)c1ccc2ccoc2c1.CCC(C)c1ccc2sccc2c1.CCC(C)c1cccc2[nH]c3ccccc3c12. The van der Waals surface area contributed by atoms with Crippen LogP contribution >= 0.6 is 22.9 Å². The Morgan fingerprint density at radius 1 is 0.435 bits per heavy atom. The standard InChI is InChI=1S/C16H17N.C12H14O.C12H14S.C11H13F3.C11H13N.C11H16.C10H13Cl.7C2H6.3CH4/c1-3-11(2)12-8-6-10-15-16(12)13-7-4-5-9-14(13)17-15;1-3-9(2)11-5-4-10-6-7-13-12(10)8-11;1-3-9(2)10-4-5-12-11(8-10)6-7-13-12;1-3-10(2,11(12,13)14)9-7-5-4-6-8-9;1-3-11(2,9-12)10-7-5-4-6-8-10;1-4-11(2,3)10-8-6-5-7-9-10;1-3-10(2,11)9-7-5-4-6-8-9;7*1-2;;;/h4-11,17H,3H2,1-2H3;2*4-9H,3H2,1-2H3;4-8H,3H2,1-2H3;4-8H,3H2,1-2H3;5-9H,4H2,1-3H3;4-8H,3H2,1-2H3;7*1-2H3;3*1H4. The van der Waals surface area contributed by atoms with E-state index in [0.717, 1.165) is 24.0 Å². The Hall–Kier alpha value is -7.37. The maximum Gasteiger partial charge on any atom is 0.398 e. The Bertz CT molecular complexity index is 3750. The number of fused-ring (bicyclic) bond motifs is 5. The molecular formula is C100H154ClF3N2OS. The largest absolute Gasteiger partial charge is 0.464 e. The number of aromatic amines is 1. The minimum absolute atomic E-state index is 0. The number of para-hydroxylation sites is 1. The van der Waals surface area contributed by atoms with Gasteiger partial charge >= 0.3 is 6.18 Å². The summed E-state index contributed by atoms with van der Waals surface area (Å²) in [5.74, 6) is 1.91. The highest BCUT2D eigenvalue weighted by Crippen LogP contribution is 2.43. The number of hydrogen-bond donors (Lipinski definition) is 1. The molecule has 6 unspecified atom stereocenters. The fraction of sp³-hybridized carbons (Fsp3) is 0.470. The zero-order chi connectivity index (χ0) is 80.8. The number of alkyl halides is 4. The molecule has 0 amide bonds.